The molecule has 2 heteroatoms. The van der Waals surface area contributed by atoms with Gasteiger partial charge in [0.15, 0.2) is 0 Å². The van der Waals surface area contributed by atoms with Crippen LogP contribution in [0.2, 0.25) is 0 Å². The average Bonchev–Trinajstić information content (AvgIpc) is 2.17. The van der Waals surface area contributed by atoms with E-state index in [9.17, 15) is 0 Å². The zero-order valence-corrected chi connectivity index (χ0v) is 7.83. The van der Waals surface area contributed by atoms with E-state index in [0.29, 0.717) is 0 Å². The number of nitrogens with one attached hydrogen (secondary N) is 1. The smallest absolute Gasteiger partial charge is 0.0418 e. The maximum atomic E-state index is 4.25. The molecule has 1 aromatic heterocycles. The van der Waals surface area contributed by atoms with Crippen molar-refractivity contribution >= 4 is 16.5 Å². The van der Waals surface area contributed by atoms with Gasteiger partial charge < -0.3 is 5.32 Å². The Morgan fingerprint density at radius 3 is 2.92 bits per heavy atom. The number of pyridine rings is 1. The molecule has 0 unspecified atom stereocenters. The standard InChI is InChI=1S/C11H12N2/c1-8-6-10-9(7-13-8)4-3-5-11(10)12-2/h3-7,12H,1-2H3. The Labute approximate surface area is 77.6 Å². The molecule has 0 saturated heterocycles. The SMILES string of the molecule is CNc1cccc2cnc(C)cc12. The predicted molar refractivity (Wildman–Crippen MR) is 56.0 cm³/mol. The quantitative estimate of drug-likeness (QED) is 0.715. The second-order valence-electron chi connectivity index (χ2n) is 3.10. The summed E-state index contributed by atoms with van der Waals surface area (Å²) in [6, 6.07) is 8.27. The number of hydrogen-bond acceptors (Lipinski definition) is 2. The number of anilines is 1. The van der Waals surface area contributed by atoms with Crippen LogP contribution in [0.4, 0.5) is 5.69 Å². The average molecular weight is 172 g/mol. The third-order valence-electron chi connectivity index (χ3n) is 2.17. The molecule has 0 amide bonds. The van der Waals surface area contributed by atoms with Crippen LogP contribution in [0.15, 0.2) is 30.5 Å². The molecule has 2 rings (SSSR count). The van der Waals surface area contributed by atoms with E-state index in [1.54, 1.807) is 0 Å². The molecule has 0 aliphatic carbocycles. The van der Waals surface area contributed by atoms with Crippen molar-refractivity contribution < 1.29 is 0 Å². The van der Waals surface area contributed by atoms with E-state index in [2.05, 4.69) is 28.5 Å². The van der Waals surface area contributed by atoms with Crippen molar-refractivity contribution in [2.75, 3.05) is 12.4 Å². The number of benzene rings is 1. The summed E-state index contributed by atoms with van der Waals surface area (Å²) in [5.74, 6) is 0. The summed E-state index contributed by atoms with van der Waals surface area (Å²) >= 11 is 0. The van der Waals surface area contributed by atoms with Gasteiger partial charge in [-0.25, -0.2) is 0 Å². The van der Waals surface area contributed by atoms with Crippen molar-refractivity contribution in [2.45, 2.75) is 6.92 Å². The highest BCUT2D eigenvalue weighted by molar-refractivity contribution is 5.93. The zero-order chi connectivity index (χ0) is 9.26. The van der Waals surface area contributed by atoms with Crippen LogP contribution in [0.3, 0.4) is 0 Å². The highest BCUT2D eigenvalue weighted by Gasteiger charge is 1.98. The van der Waals surface area contributed by atoms with Crippen LogP contribution < -0.4 is 5.32 Å². The van der Waals surface area contributed by atoms with Gasteiger partial charge >= 0.3 is 0 Å². The molecule has 0 aliphatic heterocycles. The minimum atomic E-state index is 1.05. The summed E-state index contributed by atoms with van der Waals surface area (Å²) in [6.07, 6.45) is 1.91. The molecule has 2 aromatic rings. The van der Waals surface area contributed by atoms with Crippen LogP contribution in [-0.4, -0.2) is 12.0 Å². The Kier molecular flexibility index (Phi) is 1.89. The molecule has 1 aromatic carbocycles. The topological polar surface area (TPSA) is 24.9 Å². The molecule has 0 spiro atoms. The monoisotopic (exact) mass is 172 g/mol. The largest absolute Gasteiger partial charge is 0.388 e. The predicted octanol–water partition coefficient (Wildman–Crippen LogP) is 2.58. The molecule has 0 saturated carbocycles. The molecule has 2 nitrogen and oxygen atoms in total. The minimum absolute atomic E-state index is 1.05. The molecule has 0 radical (unpaired) electrons. The summed E-state index contributed by atoms with van der Waals surface area (Å²) in [4.78, 5) is 4.25. The van der Waals surface area contributed by atoms with Gasteiger partial charge in [-0.05, 0) is 19.1 Å². The van der Waals surface area contributed by atoms with Crippen LogP contribution in [0.25, 0.3) is 10.8 Å². The van der Waals surface area contributed by atoms with Crippen LogP contribution in [0.1, 0.15) is 5.69 Å². The molecular weight excluding hydrogens is 160 g/mol. The molecular formula is C11H12N2. The third kappa shape index (κ3) is 1.35. The Morgan fingerprint density at radius 1 is 1.31 bits per heavy atom. The molecule has 1 heterocycles. The maximum absolute atomic E-state index is 4.25. The van der Waals surface area contributed by atoms with Gasteiger partial charge in [0.2, 0.25) is 0 Å². The fraction of sp³-hybridized carbons (Fsp3) is 0.182. The lowest BCUT2D eigenvalue weighted by atomic mass is 10.1. The van der Waals surface area contributed by atoms with Crippen LogP contribution in [0, 0.1) is 6.92 Å². The van der Waals surface area contributed by atoms with Crippen LogP contribution >= 0.6 is 0 Å². The van der Waals surface area contributed by atoms with Crippen molar-refractivity contribution in [1.29, 1.82) is 0 Å². The maximum Gasteiger partial charge on any atom is 0.0418 e. The first-order chi connectivity index (χ1) is 6.31. The summed E-state index contributed by atoms with van der Waals surface area (Å²) in [5.41, 5.74) is 2.21. The molecule has 0 fully saturated rings. The van der Waals surface area contributed by atoms with Crippen LogP contribution in [-0.2, 0) is 0 Å². The Hall–Kier alpha value is -1.57. The van der Waals surface area contributed by atoms with Gasteiger partial charge in [-0.1, -0.05) is 12.1 Å². The summed E-state index contributed by atoms with van der Waals surface area (Å²) in [6.45, 7) is 2.01. The van der Waals surface area contributed by atoms with Gasteiger partial charge in [-0.2, -0.15) is 0 Å². The van der Waals surface area contributed by atoms with E-state index in [1.165, 1.54) is 10.8 Å². The van der Waals surface area contributed by atoms with Gasteiger partial charge in [0.05, 0.1) is 0 Å². The van der Waals surface area contributed by atoms with E-state index in [-0.39, 0.29) is 0 Å². The van der Waals surface area contributed by atoms with Crippen molar-refractivity contribution in [3.63, 3.8) is 0 Å². The molecule has 0 bridgehead atoms. The summed E-state index contributed by atoms with van der Waals surface area (Å²) in [5, 5.41) is 5.58. The molecule has 0 aliphatic rings. The first-order valence-electron chi connectivity index (χ1n) is 4.34. The first-order valence-corrected chi connectivity index (χ1v) is 4.34. The Morgan fingerprint density at radius 2 is 2.15 bits per heavy atom. The number of hydrogen-bond donors (Lipinski definition) is 1. The van der Waals surface area contributed by atoms with Gasteiger partial charge in [-0.15, -0.1) is 0 Å². The molecule has 13 heavy (non-hydrogen) atoms. The second kappa shape index (κ2) is 3.05. The summed E-state index contributed by atoms with van der Waals surface area (Å²) < 4.78 is 0. The number of rotatable bonds is 1. The van der Waals surface area contributed by atoms with E-state index < -0.39 is 0 Å². The lowest BCUT2D eigenvalue weighted by Gasteiger charge is -2.05. The van der Waals surface area contributed by atoms with Crippen molar-refractivity contribution in [1.82, 2.24) is 4.98 Å². The first kappa shape index (κ1) is 8.05. The van der Waals surface area contributed by atoms with Crippen LogP contribution in [0.5, 0.6) is 0 Å². The lowest BCUT2D eigenvalue weighted by molar-refractivity contribution is 1.22. The second-order valence-corrected chi connectivity index (χ2v) is 3.10. The van der Waals surface area contributed by atoms with E-state index in [1.807, 2.05) is 26.2 Å². The molecule has 1 N–H and O–H groups in total. The van der Waals surface area contributed by atoms with Gasteiger partial charge in [0.1, 0.15) is 0 Å². The normalized spacial score (nSPS) is 10.3. The Bertz CT molecular complexity index is 435. The molecule has 66 valence electrons. The number of fused-ring (bicyclic) bond motifs is 1. The third-order valence-corrected chi connectivity index (χ3v) is 2.17. The van der Waals surface area contributed by atoms with Crippen molar-refractivity contribution in [2.24, 2.45) is 0 Å². The van der Waals surface area contributed by atoms with E-state index in [4.69, 9.17) is 0 Å². The lowest BCUT2D eigenvalue weighted by Crippen LogP contribution is -1.90. The molecule has 0 atom stereocenters. The number of nitrogens with zero attached hydrogens (tertiary/aromatic N) is 1. The van der Waals surface area contributed by atoms with E-state index in [0.717, 1.165) is 11.4 Å². The minimum Gasteiger partial charge on any atom is -0.388 e. The van der Waals surface area contributed by atoms with E-state index >= 15 is 0 Å². The van der Waals surface area contributed by atoms with Crippen molar-refractivity contribution in [3.05, 3.63) is 36.2 Å². The van der Waals surface area contributed by atoms with Gasteiger partial charge in [-0.3, -0.25) is 4.98 Å². The number of aryl methyl sites for hydroxylation is 1. The number of aromatic nitrogens is 1. The highest BCUT2D eigenvalue weighted by atomic mass is 14.8. The zero-order valence-electron chi connectivity index (χ0n) is 7.83. The fourth-order valence-electron chi connectivity index (χ4n) is 1.49. The fourth-order valence-corrected chi connectivity index (χ4v) is 1.49. The van der Waals surface area contributed by atoms with Gasteiger partial charge in [0, 0.05) is 35.4 Å². The van der Waals surface area contributed by atoms with Crippen molar-refractivity contribution in [3.8, 4) is 0 Å². The summed E-state index contributed by atoms with van der Waals surface area (Å²) in [7, 11) is 1.94. The van der Waals surface area contributed by atoms with Gasteiger partial charge in [0.25, 0.3) is 0 Å². The highest BCUT2D eigenvalue weighted by Crippen LogP contribution is 2.22. The Balaban J connectivity index is 2.79.